The van der Waals surface area contributed by atoms with Crippen LogP contribution in [-0.2, 0) is 0 Å². The Bertz CT molecular complexity index is 502. The van der Waals surface area contributed by atoms with E-state index in [1.165, 1.54) is 0 Å². The molecule has 1 aromatic rings. The van der Waals surface area contributed by atoms with Crippen molar-refractivity contribution in [2.75, 3.05) is 0 Å². The minimum Gasteiger partial charge on any atom is -0.319 e. The van der Waals surface area contributed by atoms with E-state index in [4.69, 9.17) is 5.73 Å². The number of rotatable bonds is 3. The Morgan fingerprint density at radius 3 is 2.16 bits per heavy atom. The van der Waals surface area contributed by atoms with Gasteiger partial charge in [-0.2, -0.15) is 22.0 Å². The van der Waals surface area contributed by atoms with Crippen LogP contribution in [-0.4, -0.2) is 17.0 Å². The standard InChI is InChI=1S/C9H6F6N2O2/c10-6-2-1-4(17(18)19)3-5(6)7(16)8(11,12)9(13,14)15/h1-3,7H,16H2/t7-/m1/s1. The Hall–Kier alpha value is -1.84. The van der Waals surface area contributed by atoms with Crippen LogP contribution < -0.4 is 5.73 Å². The van der Waals surface area contributed by atoms with E-state index >= 15 is 0 Å². The Morgan fingerprint density at radius 1 is 1.21 bits per heavy atom. The fraction of sp³-hybridized carbons (Fsp3) is 0.333. The summed E-state index contributed by atoms with van der Waals surface area (Å²) >= 11 is 0. The van der Waals surface area contributed by atoms with E-state index in [2.05, 4.69) is 0 Å². The lowest BCUT2D eigenvalue weighted by atomic mass is 10.00. The molecule has 0 aliphatic carbocycles. The van der Waals surface area contributed by atoms with E-state index in [0.29, 0.717) is 12.1 Å². The highest BCUT2D eigenvalue weighted by Gasteiger charge is 2.62. The van der Waals surface area contributed by atoms with E-state index in [-0.39, 0.29) is 6.07 Å². The Labute approximate surface area is 102 Å². The van der Waals surface area contributed by atoms with Crippen LogP contribution in [0.3, 0.4) is 0 Å². The van der Waals surface area contributed by atoms with Crippen molar-refractivity contribution in [2.24, 2.45) is 5.73 Å². The SMILES string of the molecule is N[C@H](c1cc([N+](=O)[O-])ccc1F)C(F)(F)C(F)(F)F. The molecule has 1 atom stereocenters. The van der Waals surface area contributed by atoms with Crippen molar-refractivity contribution in [2.45, 2.75) is 18.1 Å². The summed E-state index contributed by atoms with van der Waals surface area (Å²) < 4.78 is 75.3. The number of nitro benzene ring substituents is 1. The molecule has 0 unspecified atom stereocenters. The highest BCUT2D eigenvalue weighted by Crippen LogP contribution is 2.44. The molecular weight excluding hydrogens is 282 g/mol. The molecule has 0 saturated carbocycles. The van der Waals surface area contributed by atoms with Gasteiger partial charge in [0.2, 0.25) is 0 Å². The molecule has 1 aromatic carbocycles. The summed E-state index contributed by atoms with van der Waals surface area (Å²) in [6, 6.07) is -1.80. The zero-order valence-corrected chi connectivity index (χ0v) is 8.92. The highest BCUT2D eigenvalue weighted by molar-refractivity contribution is 5.37. The van der Waals surface area contributed by atoms with Crippen LogP contribution in [0.4, 0.5) is 32.0 Å². The molecule has 0 radical (unpaired) electrons. The first-order valence-electron chi connectivity index (χ1n) is 4.62. The molecule has 0 fully saturated rings. The predicted molar refractivity (Wildman–Crippen MR) is 51.0 cm³/mol. The number of benzene rings is 1. The fourth-order valence-electron chi connectivity index (χ4n) is 1.25. The number of nitrogens with zero attached hydrogens (tertiary/aromatic N) is 1. The smallest absolute Gasteiger partial charge is 0.319 e. The maximum absolute atomic E-state index is 13.2. The van der Waals surface area contributed by atoms with E-state index in [1.807, 2.05) is 0 Å². The third-order valence-electron chi connectivity index (χ3n) is 2.29. The van der Waals surface area contributed by atoms with Gasteiger partial charge in [0.25, 0.3) is 5.69 Å². The Balaban J connectivity index is 3.30. The van der Waals surface area contributed by atoms with Crippen LogP contribution in [0, 0.1) is 15.9 Å². The van der Waals surface area contributed by atoms with E-state index in [9.17, 15) is 36.5 Å². The van der Waals surface area contributed by atoms with Crippen molar-refractivity contribution in [3.63, 3.8) is 0 Å². The number of hydrogen-bond acceptors (Lipinski definition) is 3. The van der Waals surface area contributed by atoms with Crippen molar-refractivity contribution >= 4 is 5.69 Å². The maximum Gasteiger partial charge on any atom is 0.455 e. The minimum absolute atomic E-state index is 0.250. The highest BCUT2D eigenvalue weighted by atomic mass is 19.4. The molecule has 19 heavy (non-hydrogen) atoms. The van der Waals surface area contributed by atoms with Crippen molar-refractivity contribution in [3.05, 3.63) is 39.7 Å². The normalized spacial score (nSPS) is 14.3. The monoisotopic (exact) mass is 288 g/mol. The van der Waals surface area contributed by atoms with Gasteiger partial charge in [0.15, 0.2) is 0 Å². The molecule has 106 valence electrons. The molecule has 2 N–H and O–H groups in total. The molecule has 0 aliphatic rings. The summed E-state index contributed by atoms with van der Waals surface area (Å²) in [6.45, 7) is 0. The van der Waals surface area contributed by atoms with Crippen molar-refractivity contribution in [3.8, 4) is 0 Å². The summed E-state index contributed by atoms with van der Waals surface area (Å²) in [6.07, 6.45) is -6.00. The average Bonchev–Trinajstić information content (AvgIpc) is 2.26. The van der Waals surface area contributed by atoms with Crippen LogP contribution in [0.2, 0.25) is 0 Å². The third kappa shape index (κ3) is 2.78. The Kier molecular flexibility index (Phi) is 3.75. The lowest BCUT2D eigenvalue weighted by molar-refractivity contribution is -0.385. The van der Waals surface area contributed by atoms with Crippen molar-refractivity contribution in [1.29, 1.82) is 0 Å². The van der Waals surface area contributed by atoms with Gasteiger partial charge in [-0.1, -0.05) is 0 Å². The summed E-state index contributed by atoms with van der Waals surface area (Å²) in [5.41, 5.74) is 2.57. The zero-order valence-electron chi connectivity index (χ0n) is 8.92. The summed E-state index contributed by atoms with van der Waals surface area (Å²) in [7, 11) is 0. The van der Waals surface area contributed by atoms with Gasteiger partial charge in [-0.3, -0.25) is 10.1 Å². The molecule has 4 nitrogen and oxygen atoms in total. The molecule has 0 aromatic heterocycles. The minimum atomic E-state index is -6.00. The van der Waals surface area contributed by atoms with Gasteiger partial charge in [-0.25, -0.2) is 4.39 Å². The van der Waals surface area contributed by atoms with Crippen LogP contribution >= 0.6 is 0 Å². The van der Waals surface area contributed by atoms with E-state index < -0.39 is 40.1 Å². The quantitative estimate of drug-likeness (QED) is 0.528. The average molecular weight is 288 g/mol. The lowest BCUT2D eigenvalue weighted by Crippen LogP contribution is -2.46. The van der Waals surface area contributed by atoms with E-state index in [1.54, 1.807) is 0 Å². The van der Waals surface area contributed by atoms with Gasteiger partial charge in [-0.15, -0.1) is 0 Å². The number of halogens is 6. The largest absolute Gasteiger partial charge is 0.455 e. The van der Waals surface area contributed by atoms with Gasteiger partial charge in [0.05, 0.1) is 4.92 Å². The third-order valence-corrected chi connectivity index (χ3v) is 2.29. The topological polar surface area (TPSA) is 69.2 Å². The molecule has 0 aliphatic heterocycles. The fourth-order valence-corrected chi connectivity index (χ4v) is 1.25. The van der Waals surface area contributed by atoms with E-state index in [0.717, 1.165) is 0 Å². The molecular formula is C9H6F6N2O2. The zero-order chi connectivity index (χ0) is 15.0. The molecule has 0 spiro atoms. The second-order valence-corrected chi connectivity index (χ2v) is 3.56. The molecule has 10 heteroatoms. The number of non-ortho nitro benzene ring substituents is 1. The van der Waals surface area contributed by atoms with Crippen LogP contribution in [0.5, 0.6) is 0 Å². The van der Waals surface area contributed by atoms with Crippen molar-refractivity contribution < 1.29 is 31.3 Å². The van der Waals surface area contributed by atoms with Crippen LogP contribution in [0.1, 0.15) is 11.6 Å². The number of nitro groups is 1. The predicted octanol–water partition coefficient (Wildman–Crippen LogP) is 2.93. The van der Waals surface area contributed by atoms with Crippen LogP contribution in [0.15, 0.2) is 18.2 Å². The number of nitrogens with two attached hydrogens (primary N) is 1. The van der Waals surface area contributed by atoms with Gasteiger partial charge in [0, 0.05) is 17.7 Å². The molecule has 1 rings (SSSR count). The first-order valence-corrected chi connectivity index (χ1v) is 4.62. The lowest BCUT2D eigenvalue weighted by Gasteiger charge is -2.26. The summed E-state index contributed by atoms with van der Waals surface area (Å²) in [5, 5.41) is 10.4. The molecule has 0 heterocycles. The summed E-state index contributed by atoms with van der Waals surface area (Å²) in [5.74, 6) is -6.90. The van der Waals surface area contributed by atoms with Gasteiger partial charge in [-0.05, 0) is 6.07 Å². The first-order chi connectivity index (χ1) is 8.48. The maximum atomic E-state index is 13.2. The molecule has 0 bridgehead atoms. The van der Waals surface area contributed by atoms with Gasteiger partial charge in [0.1, 0.15) is 11.9 Å². The number of alkyl halides is 5. The van der Waals surface area contributed by atoms with Gasteiger partial charge < -0.3 is 5.73 Å². The molecule has 0 saturated heterocycles. The second kappa shape index (κ2) is 4.68. The summed E-state index contributed by atoms with van der Waals surface area (Å²) in [4.78, 5) is 9.30. The van der Waals surface area contributed by atoms with Crippen LogP contribution in [0.25, 0.3) is 0 Å². The first kappa shape index (κ1) is 15.2. The number of hydrogen-bond donors (Lipinski definition) is 1. The second-order valence-electron chi connectivity index (χ2n) is 3.56. The van der Waals surface area contributed by atoms with Gasteiger partial charge >= 0.3 is 12.1 Å². The van der Waals surface area contributed by atoms with Crippen molar-refractivity contribution in [1.82, 2.24) is 0 Å². The molecule has 0 amide bonds. The Morgan fingerprint density at radius 2 is 1.74 bits per heavy atom.